The molecule has 2 aromatic carbocycles. The largest absolute Gasteiger partial charge is 0.467 e. The molecule has 4 aromatic rings. The third-order valence-electron chi connectivity index (χ3n) is 5.20. The van der Waals surface area contributed by atoms with Gasteiger partial charge in [0.2, 0.25) is 5.91 Å². The lowest BCUT2D eigenvalue weighted by Gasteiger charge is -2.11. The molecule has 9 heteroatoms. The molecular weight excluding hydrogens is 450 g/mol. The van der Waals surface area contributed by atoms with E-state index >= 15 is 0 Å². The number of aryl methyl sites for hydroxylation is 1. The second-order valence-corrected chi connectivity index (χ2v) is 8.45. The normalized spacial score (nSPS) is 10.8. The molecule has 174 valence electrons. The van der Waals surface area contributed by atoms with Crippen molar-refractivity contribution in [1.29, 1.82) is 0 Å². The van der Waals surface area contributed by atoms with Crippen molar-refractivity contribution in [3.8, 4) is 11.4 Å². The number of amides is 2. The van der Waals surface area contributed by atoms with Gasteiger partial charge in [0, 0.05) is 12.1 Å². The van der Waals surface area contributed by atoms with Gasteiger partial charge in [0.1, 0.15) is 5.76 Å². The number of para-hydroxylation sites is 1. The van der Waals surface area contributed by atoms with Crippen LogP contribution >= 0.6 is 11.8 Å². The smallest absolute Gasteiger partial charge is 0.253 e. The number of nitrogens with one attached hydrogen (secondary N) is 2. The Kier molecular flexibility index (Phi) is 7.44. The molecule has 2 amide bonds. The molecule has 0 unspecified atom stereocenters. The van der Waals surface area contributed by atoms with Crippen LogP contribution in [0.25, 0.3) is 11.4 Å². The summed E-state index contributed by atoms with van der Waals surface area (Å²) in [6.45, 7) is 5.00. The molecule has 0 saturated heterocycles. The first-order valence-electron chi connectivity index (χ1n) is 10.9. The topological polar surface area (TPSA) is 102 Å². The minimum absolute atomic E-state index is 0.133. The zero-order chi connectivity index (χ0) is 23.9. The van der Waals surface area contributed by atoms with Crippen molar-refractivity contribution < 1.29 is 14.0 Å². The number of aromatic nitrogens is 3. The number of furan rings is 1. The highest BCUT2D eigenvalue weighted by atomic mass is 32.2. The van der Waals surface area contributed by atoms with E-state index in [0.29, 0.717) is 28.7 Å². The molecule has 0 aliphatic heterocycles. The molecule has 2 aromatic heterocycles. The van der Waals surface area contributed by atoms with Gasteiger partial charge in [0.05, 0.1) is 29.8 Å². The third-order valence-corrected chi connectivity index (χ3v) is 6.17. The summed E-state index contributed by atoms with van der Waals surface area (Å²) >= 11 is 1.31. The summed E-state index contributed by atoms with van der Waals surface area (Å²) in [7, 11) is 0. The molecule has 0 spiro atoms. The molecule has 4 rings (SSSR count). The number of hydrogen-bond acceptors (Lipinski definition) is 6. The quantitative estimate of drug-likeness (QED) is 0.345. The number of anilines is 1. The van der Waals surface area contributed by atoms with E-state index in [1.165, 1.54) is 11.8 Å². The van der Waals surface area contributed by atoms with Crippen LogP contribution in [0.5, 0.6) is 0 Å². The Labute approximate surface area is 201 Å². The first-order chi connectivity index (χ1) is 16.6. The van der Waals surface area contributed by atoms with E-state index in [2.05, 4.69) is 20.8 Å². The molecule has 0 aliphatic rings. The summed E-state index contributed by atoms with van der Waals surface area (Å²) in [5, 5.41) is 15.0. The van der Waals surface area contributed by atoms with Crippen molar-refractivity contribution >= 4 is 29.3 Å². The molecule has 0 radical (unpaired) electrons. The Balaban J connectivity index is 1.40. The first-order valence-corrected chi connectivity index (χ1v) is 11.9. The van der Waals surface area contributed by atoms with Crippen molar-refractivity contribution in [2.75, 3.05) is 11.1 Å². The van der Waals surface area contributed by atoms with E-state index in [4.69, 9.17) is 4.42 Å². The van der Waals surface area contributed by atoms with Gasteiger partial charge in [0.15, 0.2) is 11.0 Å². The van der Waals surface area contributed by atoms with E-state index < -0.39 is 0 Å². The zero-order valence-corrected chi connectivity index (χ0v) is 19.8. The van der Waals surface area contributed by atoms with Crippen LogP contribution in [-0.4, -0.2) is 32.3 Å². The Morgan fingerprint density at radius 2 is 1.82 bits per heavy atom. The molecule has 0 saturated carbocycles. The van der Waals surface area contributed by atoms with Crippen LogP contribution in [0.2, 0.25) is 0 Å². The standard InChI is InChI=1S/C25H25N5O3S/c1-3-30-23(19-11-5-4-9-17(19)2)28-29-25(30)34-16-22(31)27-21-13-7-6-12-20(21)24(32)26-15-18-10-8-14-33-18/h4-14H,3,15-16H2,1-2H3,(H,26,32)(H,27,31). The minimum Gasteiger partial charge on any atom is -0.467 e. The van der Waals surface area contributed by atoms with Gasteiger partial charge in [-0.2, -0.15) is 0 Å². The monoisotopic (exact) mass is 475 g/mol. The van der Waals surface area contributed by atoms with Gasteiger partial charge in [-0.15, -0.1) is 10.2 Å². The van der Waals surface area contributed by atoms with E-state index in [-0.39, 0.29) is 24.1 Å². The molecule has 0 fully saturated rings. The predicted octanol–water partition coefficient (Wildman–Crippen LogP) is 4.53. The van der Waals surface area contributed by atoms with E-state index in [9.17, 15) is 9.59 Å². The number of rotatable bonds is 9. The van der Waals surface area contributed by atoms with Gasteiger partial charge in [-0.3, -0.25) is 9.59 Å². The maximum atomic E-state index is 12.7. The van der Waals surface area contributed by atoms with Crippen LogP contribution in [0.3, 0.4) is 0 Å². The SMILES string of the molecule is CCn1c(SCC(=O)Nc2ccccc2C(=O)NCc2ccco2)nnc1-c1ccccc1C. The molecular formula is C25H25N5O3S. The lowest BCUT2D eigenvalue weighted by atomic mass is 10.1. The summed E-state index contributed by atoms with van der Waals surface area (Å²) < 4.78 is 7.24. The highest BCUT2D eigenvalue weighted by Gasteiger charge is 2.17. The van der Waals surface area contributed by atoms with Crippen molar-refractivity contribution in [2.45, 2.75) is 32.1 Å². The number of thioether (sulfide) groups is 1. The Bertz CT molecular complexity index is 1280. The molecule has 34 heavy (non-hydrogen) atoms. The van der Waals surface area contributed by atoms with Gasteiger partial charge in [-0.1, -0.05) is 48.2 Å². The summed E-state index contributed by atoms with van der Waals surface area (Å²) in [6, 6.07) is 18.4. The maximum Gasteiger partial charge on any atom is 0.253 e. The molecule has 0 bridgehead atoms. The predicted molar refractivity (Wildman–Crippen MR) is 132 cm³/mol. The van der Waals surface area contributed by atoms with Crippen LogP contribution < -0.4 is 10.6 Å². The van der Waals surface area contributed by atoms with E-state index in [1.807, 2.05) is 42.7 Å². The van der Waals surface area contributed by atoms with Crippen molar-refractivity contribution in [3.63, 3.8) is 0 Å². The lowest BCUT2D eigenvalue weighted by Crippen LogP contribution is -2.25. The summed E-state index contributed by atoms with van der Waals surface area (Å²) in [6.07, 6.45) is 1.55. The number of benzene rings is 2. The molecule has 2 N–H and O–H groups in total. The fourth-order valence-electron chi connectivity index (χ4n) is 3.49. The fourth-order valence-corrected chi connectivity index (χ4v) is 4.29. The Morgan fingerprint density at radius 3 is 2.59 bits per heavy atom. The van der Waals surface area contributed by atoms with Crippen LogP contribution in [0.1, 0.15) is 28.6 Å². The van der Waals surface area contributed by atoms with Crippen molar-refractivity contribution in [3.05, 3.63) is 83.8 Å². The van der Waals surface area contributed by atoms with E-state index in [1.54, 1.807) is 42.7 Å². The summed E-state index contributed by atoms with van der Waals surface area (Å²) in [4.78, 5) is 25.3. The summed E-state index contributed by atoms with van der Waals surface area (Å²) in [5.74, 6) is 1.03. The van der Waals surface area contributed by atoms with E-state index in [0.717, 1.165) is 17.0 Å². The molecule has 2 heterocycles. The zero-order valence-electron chi connectivity index (χ0n) is 18.9. The lowest BCUT2D eigenvalue weighted by molar-refractivity contribution is -0.113. The van der Waals surface area contributed by atoms with Gasteiger partial charge in [-0.05, 0) is 43.7 Å². The van der Waals surface area contributed by atoms with Gasteiger partial charge in [-0.25, -0.2) is 0 Å². The highest BCUT2D eigenvalue weighted by molar-refractivity contribution is 7.99. The average Bonchev–Trinajstić information content (AvgIpc) is 3.51. The fraction of sp³-hybridized carbons (Fsp3) is 0.200. The van der Waals surface area contributed by atoms with Gasteiger partial charge < -0.3 is 19.6 Å². The second-order valence-electron chi connectivity index (χ2n) is 7.51. The number of hydrogen-bond donors (Lipinski definition) is 2. The van der Waals surface area contributed by atoms with Crippen molar-refractivity contribution in [2.24, 2.45) is 0 Å². The highest BCUT2D eigenvalue weighted by Crippen LogP contribution is 2.26. The molecule has 0 atom stereocenters. The number of carbonyl (C=O) groups is 2. The van der Waals surface area contributed by atoms with Gasteiger partial charge >= 0.3 is 0 Å². The van der Waals surface area contributed by atoms with Gasteiger partial charge in [0.25, 0.3) is 5.91 Å². The first kappa shape index (κ1) is 23.3. The second kappa shape index (κ2) is 10.8. The Morgan fingerprint density at radius 1 is 1.03 bits per heavy atom. The third kappa shape index (κ3) is 5.37. The molecule has 8 nitrogen and oxygen atoms in total. The van der Waals surface area contributed by atoms with Crippen LogP contribution in [0.15, 0.2) is 76.5 Å². The Hall–Kier alpha value is -3.85. The van der Waals surface area contributed by atoms with Crippen LogP contribution in [-0.2, 0) is 17.9 Å². The number of carbonyl (C=O) groups excluding carboxylic acids is 2. The minimum atomic E-state index is -0.298. The van der Waals surface area contributed by atoms with Crippen molar-refractivity contribution in [1.82, 2.24) is 20.1 Å². The molecule has 0 aliphatic carbocycles. The van der Waals surface area contributed by atoms with Crippen LogP contribution in [0.4, 0.5) is 5.69 Å². The summed E-state index contributed by atoms with van der Waals surface area (Å²) in [5.41, 5.74) is 2.96. The maximum absolute atomic E-state index is 12.7. The average molecular weight is 476 g/mol. The number of nitrogens with zero attached hydrogens (tertiary/aromatic N) is 3. The van der Waals surface area contributed by atoms with Crippen LogP contribution in [0, 0.1) is 6.92 Å².